The minimum Gasteiger partial charge on any atom is -0.507 e. The van der Waals surface area contributed by atoms with Crippen molar-refractivity contribution in [3.63, 3.8) is 0 Å². The molecule has 2 aromatic heterocycles. The monoisotopic (exact) mass is 358 g/mol. The summed E-state index contributed by atoms with van der Waals surface area (Å²) in [7, 11) is 1.31. The van der Waals surface area contributed by atoms with Crippen molar-refractivity contribution in [2.75, 3.05) is 7.11 Å². The number of carbonyl (C=O) groups is 1. The molecule has 1 aromatic carbocycles. The fraction of sp³-hybridized carbons (Fsp3) is 0.133. The van der Waals surface area contributed by atoms with Gasteiger partial charge in [0, 0.05) is 11.8 Å². The van der Waals surface area contributed by atoms with E-state index in [1.54, 1.807) is 41.2 Å². The van der Waals surface area contributed by atoms with Crippen LogP contribution in [0.3, 0.4) is 0 Å². The molecule has 0 aliphatic rings. The summed E-state index contributed by atoms with van der Waals surface area (Å²) >= 11 is 1.34. The number of hydrogen-bond donors (Lipinski definition) is 1. The van der Waals surface area contributed by atoms with Crippen LogP contribution in [0.25, 0.3) is 0 Å². The average Bonchev–Trinajstić information content (AvgIpc) is 3.27. The zero-order chi connectivity index (χ0) is 17.6. The van der Waals surface area contributed by atoms with Crippen LogP contribution in [0.4, 0.5) is 0 Å². The number of aromatic nitrogens is 5. The Morgan fingerprint density at radius 1 is 1.40 bits per heavy atom. The molecular weight excluding hydrogens is 344 g/mol. The lowest BCUT2D eigenvalue weighted by Crippen LogP contribution is -2.04. The molecule has 10 heteroatoms. The van der Waals surface area contributed by atoms with Crippen LogP contribution in [0.2, 0.25) is 0 Å². The predicted molar refractivity (Wildman–Crippen MR) is 90.5 cm³/mol. The van der Waals surface area contributed by atoms with Crippen LogP contribution in [0.15, 0.2) is 53.1 Å². The van der Waals surface area contributed by atoms with E-state index in [2.05, 4.69) is 25.1 Å². The van der Waals surface area contributed by atoms with Gasteiger partial charge in [0.05, 0.1) is 19.2 Å². The van der Waals surface area contributed by atoms with E-state index in [0.717, 1.165) is 0 Å². The third-order valence-corrected chi connectivity index (χ3v) is 4.04. The van der Waals surface area contributed by atoms with Crippen LogP contribution in [-0.4, -0.2) is 49.1 Å². The highest BCUT2D eigenvalue weighted by atomic mass is 32.2. The minimum atomic E-state index is -0.487. The number of phenols is 1. The van der Waals surface area contributed by atoms with Gasteiger partial charge in [0.15, 0.2) is 5.69 Å². The van der Waals surface area contributed by atoms with E-state index in [1.807, 2.05) is 0 Å². The summed E-state index contributed by atoms with van der Waals surface area (Å²) in [4.78, 5) is 11.4. The molecule has 0 amide bonds. The van der Waals surface area contributed by atoms with Gasteiger partial charge in [-0.1, -0.05) is 23.9 Å². The van der Waals surface area contributed by atoms with E-state index in [9.17, 15) is 9.90 Å². The lowest BCUT2D eigenvalue weighted by atomic mass is 10.2. The van der Waals surface area contributed by atoms with Crippen LogP contribution in [0, 0.1) is 0 Å². The van der Waals surface area contributed by atoms with E-state index >= 15 is 0 Å². The van der Waals surface area contributed by atoms with Crippen molar-refractivity contribution in [2.24, 2.45) is 5.10 Å². The maximum absolute atomic E-state index is 11.4. The molecule has 0 saturated heterocycles. The third-order valence-electron chi connectivity index (χ3n) is 3.12. The molecule has 0 spiro atoms. The number of carbonyl (C=O) groups excluding carboxylic acids is 1. The largest absolute Gasteiger partial charge is 0.507 e. The summed E-state index contributed by atoms with van der Waals surface area (Å²) in [5.74, 6) is 0.0708. The first-order valence-corrected chi connectivity index (χ1v) is 8.13. The summed E-state index contributed by atoms with van der Waals surface area (Å²) in [6.07, 6.45) is 4.65. The van der Waals surface area contributed by atoms with Crippen molar-refractivity contribution >= 4 is 23.9 Å². The number of thioether (sulfide) groups is 1. The topological polar surface area (TPSA) is 107 Å². The minimum absolute atomic E-state index is 0.139. The second kappa shape index (κ2) is 7.62. The summed E-state index contributed by atoms with van der Waals surface area (Å²) in [6, 6.07) is 8.44. The second-order valence-corrected chi connectivity index (χ2v) is 5.68. The lowest BCUT2D eigenvalue weighted by molar-refractivity contribution is 0.0593. The zero-order valence-electron chi connectivity index (χ0n) is 13.2. The molecule has 0 unspecified atom stereocenters. The number of rotatable bonds is 6. The number of phenolic OH excluding ortho intramolecular Hbond substituents is 1. The molecule has 0 atom stereocenters. The van der Waals surface area contributed by atoms with Gasteiger partial charge in [-0.25, -0.2) is 4.79 Å². The molecule has 3 rings (SSSR count). The summed E-state index contributed by atoms with van der Waals surface area (Å²) < 4.78 is 7.69. The van der Waals surface area contributed by atoms with E-state index < -0.39 is 5.97 Å². The third kappa shape index (κ3) is 4.04. The van der Waals surface area contributed by atoms with Gasteiger partial charge in [-0.3, -0.25) is 4.68 Å². The summed E-state index contributed by atoms with van der Waals surface area (Å²) in [6.45, 7) is 0. The molecular formula is C15H14N6O3S. The van der Waals surface area contributed by atoms with Crippen LogP contribution >= 0.6 is 11.8 Å². The number of esters is 1. The number of methoxy groups -OCH3 is 1. The Balaban J connectivity index is 1.67. The SMILES string of the molecule is COC(=O)c1ccn(CSc2nncn2/N=C\c2ccccc2O)n1. The lowest BCUT2D eigenvalue weighted by Gasteiger charge is -2.02. The van der Waals surface area contributed by atoms with Gasteiger partial charge in [-0.15, -0.1) is 10.2 Å². The van der Waals surface area contributed by atoms with Gasteiger partial charge in [0.2, 0.25) is 5.16 Å². The quantitative estimate of drug-likeness (QED) is 0.405. The van der Waals surface area contributed by atoms with Crippen molar-refractivity contribution in [1.82, 2.24) is 24.7 Å². The van der Waals surface area contributed by atoms with Crippen LogP contribution < -0.4 is 0 Å². The molecule has 2 heterocycles. The Kier molecular flexibility index (Phi) is 5.09. The number of nitrogens with zero attached hydrogens (tertiary/aromatic N) is 6. The highest BCUT2D eigenvalue weighted by Gasteiger charge is 2.10. The van der Waals surface area contributed by atoms with Gasteiger partial charge in [-0.05, 0) is 18.2 Å². The standard InChI is InChI=1S/C15H14N6O3S/c1-24-14(23)12-6-7-20(19-12)10-25-15-18-16-9-21(15)17-8-11-4-2-3-5-13(11)22/h2-9,22H,10H2,1H3/b17-8-. The predicted octanol–water partition coefficient (Wildman–Crippen LogP) is 1.60. The van der Waals surface area contributed by atoms with Crippen LogP contribution in [-0.2, 0) is 10.6 Å². The Hall–Kier alpha value is -3.14. The normalized spacial score (nSPS) is 11.1. The van der Waals surface area contributed by atoms with Crippen molar-refractivity contribution in [3.8, 4) is 5.75 Å². The maximum Gasteiger partial charge on any atom is 0.358 e. The molecule has 25 heavy (non-hydrogen) atoms. The van der Waals surface area contributed by atoms with E-state index in [4.69, 9.17) is 0 Å². The molecule has 0 aliphatic carbocycles. The molecule has 0 fully saturated rings. The van der Waals surface area contributed by atoms with Gasteiger partial charge < -0.3 is 9.84 Å². The number of para-hydroxylation sites is 1. The second-order valence-electron chi connectivity index (χ2n) is 4.77. The Morgan fingerprint density at radius 3 is 3.04 bits per heavy atom. The fourth-order valence-electron chi connectivity index (χ4n) is 1.89. The number of hydrogen-bond acceptors (Lipinski definition) is 8. The molecule has 128 valence electrons. The highest BCUT2D eigenvalue weighted by Crippen LogP contribution is 2.18. The first-order chi connectivity index (χ1) is 12.2. The van der Waals surface area contributed by atoms with Crippen LogP contribution in [0.1, 0.15) is 16.1 Å². The zero-order valence-corrected chi connectivity index (χ0v) is 14.0. The first-order valence-electron chi connectivity index (χ1n) is 7.14. The number of benzene rings is 1. The fourth-order valence-corrected chi connectivity index (χ4v) is 2.61. The van der Waals surface area contributed by atoms with Gasteiger partial charge in [0.1, 0.15) is 12.1 Å². The molecule has 1 N–H and O–H groups in total. The maximum atomic E-state index is 11.4. The van der Waals surface area contributed by atoms with E-state index in [0.29, 0.717) is 16.6 Å². The van der Waals surface area contributed by atoms with Crippen molar-refractivity contribution in [1.29, 1.82) is 0 Å². The Bertz CT molecular complexity index is 904. The molecule has 0 bridgehead atoms. The summed E-state index contributed by atoms with van der Waals surface area (Å²) in [5, 5.41) is 26.4. The Morgan fingerprint density at radius 2 is 2.24 bits per heavy atom. The van der Waals surface area contributed by atoms with Crippen molar-refractivity contribution in [3.05, 3.63) is 54.1 Å². The molecule has 0 saturated carbocycles. The average molecular weight is 358 g/mol. The Labute approximate surface area is 146 Å². The van der Waals surface area contributed by atoms with Gasteiger partial charge in [0.25, 0.3) is 0 Å². The molecule has 9 nitrogen and oxygen atoms in total. The molecule has 0 radical (unpaired) electrons. The van der Waals surface area contributed by atoms with E-state index in [1.165, 1.54) is 36.1 Å². The van der Waals surface area contributed by atoms with Gasteiger partial charge >= 0.3 is 5.97 Å². The van der Waals surface area contributed by atoms with Crippen molar-refractivity contribution in [2.45, 2.75) is 11.0 Å². The molecule has 3 aromatic rings. The van der Waals surface area contributed by atoms with Crippen molar-refractivity contribution < 1.29 is 14.6 Å². The van der Waals surface area contributed by atoms with E-state index in [-0.39, 0.29) is 11.4 Å². The highest BCUT2D eigenvalue weighted by molar-refractivity contribution is 7.98. The smallest absolute Gasteiger partial charge is 0.358 e. The molecule has 0 aliphatic heterocycles. The number of ether oxygens (including phenoxy) is 1. The summed E-state index contributed by atoms with van der Waals surface area (Å²) in [5.41, 5.74) is 0.823. The number of aromatic hydroxyl groups is 1. The first kappa shape index (κ1) is 16.7. The van der Waals surface area contributed by atoms with Gasteiger partial charge in [-0.2, -0.15) is 14.9 Å². The van der Waals surface area contributed by atoms with Crippen LogP contribution in [0.5, 0.6) is 5.75 Å².